The summed E-state index contributed by atoms with van der Waals surface area (Å²) in [6, 6.07) is 6.27. The van der Waals surface area contributed by atoms with Crippen molar-refractivity contribution in [1.82, 2.24) is 24.6 Å². The van der Waals surface area contributed by atoms with Gasteiger partial charge in [-0.3, -0.25) is 0 Å². The average Bonchev–Trinajstić information content (AvgIpc) is 2.96. The van der Waals surface area contributed by atoms with Gasteiger partial charge in [0.1, 0.15) is 17.1 Å². The van der Waals surface area contributed by atoms with Gasteiger partial charge in [0.15, 0.2) is 0 Å². The molecule has 6 nitrogen and oxygen atoms in total. The van der Waals surface area contributed by atoms with Gasteiger partial charge in [0.2, 0.25) is 0 Å². The normalized spacial score (nSPS) is 11.3. The van der Waals surface area contributed by atoms with Gasteiger partial charge < -0.3 is 0 Å². The first-order valence-corrected chi connectivity index (χ1v) is 7.07. The molecule has 0 fully saturated rings. The van der Waals surface area contributed by atoms with Crippen LogP contribution in [0.15, 0.2) is 18.2 Å². The maximum Gasteiger partial charge on any atom is 0.139 e. The van der Waals surface area contributed by atoms with Crippen LogP contribution in [0.25, 0.3) is 0 Å². The van der Waals surface area contributed by atoms with E-state index in [-0.39, 0.29) is 0 Å². The third-order valence-corrected chi connectivity index (χ3v) is 3.56. The third-order valence-electron chi connectivity index (χ3n) is 3.56. The molecule has 6 heteroatoms. The molecule has 0 amide bonds. The van der Waals surface area contributed by atoms with E-state index in [0.29, 0.717) is 0 Å². The SMILES string of the molecule is Cc1cc(C)n(-n2c(C)cc(C)[n+]2-n2nc(C)cc2C)n1. The van der Waals surface area contributed by atoms with E-state index in [1.54, 1.807) is 0 Å². The fraction of sp³-hybridized carbons (Fsp3) is 0.400. The van der Waals surface area contributed by atoms with Gasteiger partial charge in [-0.1, -0.05) is 19.5 Å². The summed E-state index contributed by atoms with van der Waals surface area (Å²) in [5.74, 6) is 0. The number of aryl methyl sites for hydroxylation is 6. The number of hydrogen-bond donors (Lipinski definition) is 0. The van der Waals surface area contributed by atoms with Gasteiger partial charge in [-0.15, -0.1) is 0 Å². The van der Waals surface area contributed by atoms with E-state index < -0.39 is 0 Å². The van der Waals surface area contributed by atoms with Gasteiger partial charge in [-0.25, -0.2) is 0 Å². The van der Waals surface area contributed by atoms with Crippen LogP contribution in [0.3, 0.4) is 0 Å². The standard InChI is InChI=1S/C15H21N6/c1-10-7-12(3)18(16-10)20-14(5)9-15(6)21(20)19-13(4)8-11(2)17-19/h7-9H,1-6H3/q+1. The van der Waals surface area contributed by atoms with Crippen molar-refractivity contribution >= 4 is 0 Å². The summed E-state index contributed by atoms with van der Waals surface area (Å²) in [4.78, 5) is 7.90. The monoisotopic (exact) mass is 285 g/mol. The minimum atomic E-state index is 0.998. The number of rotatable bonds is 2. The van der Waals surface area contributed by atoms with Crippen molar-refractivity contribution in [2.75, 3.05) is 0 Å². The number of hydrogen-bond acceptors (Lipinski definition) is 2. The Bertz CT molecular complexity index is 751. The Balaban J connectivity index is 2.32. The molecule has 0 saturated carbocycles. The number of nitrogens with zero attached hydrogens (tertiary/aromatic N) is 6. The molecule has 0 aliphatic rings. The molecule has 0 saturated heterocycles. The zero-order valence-electron chi connectivity index (χ0n) is 13.4. The van der Waals surface area contributed by atoms with E-state index >= 15 is 0 Å². The van der Waals surface area contributed by atoms with Gasteiger partial charge in [0.25, 0.3) is 0 Å². The molecule has 3 heterocycles. The van der Waals surface area contributed by atoms with Crippen LogP contribution in [0, 0.1) is 41.5 Å². The van der Waals surface area contributed by atoms with Crippen LogP contribution in [-0.2, 0) is 0 Å². The molecule has 0 spiro atoms. The van der Waals surface area contributed by atoms with Crippen LogP contribution in [0.5, 0.6) is 0 Å². The van der Waals surface area contributed by atoms with E-state index in [9.17, 15) is 0 Å². The van der Waals surface area contributed by atoms with Crippen LogP contribution in [0.4, 0.5) is 0 Å². The summed E-state index contributed by atoms with van der Waals surface area (Å²) in [5.41, 5.74) is 6.37. The largest absolute Gasteiger partial charge is 0.139 e. The second-order valence-electron chi connectivity index (χ2n) is 5.64. The van der Waals surface area contributed by atoms with Crippen molar-refractivity contribution in [1.29, 1.82) is 0 Å². The third kappa shape index (κ3) is 2.07. The van der Waals surface area contributed by atoms with Gasteiger partial charge >= 0.3 is 0 Å². The summed E-state index contributed by atoms with van der Waals surface area (Å²) in [5, 5.41) is 9.19. The molecule has 3 rings (SSSR count). The van der Waals surface area contributed by atoms with E-state index in [1.165, 1.54) is 0 Å². The van der Waals surface area contributed by atoms with Crippen molar-refractivity contribution < 1.29 is 4.79 Å². The predicted molar refractivity (Wildman–Crippen MR) is 79.1 cm³/mol. The lowest BCUT2D eigenvalue weighted by Crippen LogP contribution is -2.55. The summed E-state index contributed by atoms with van der Waals surface area (Å²) >= 11 is 0. The summed E-state index contributed by atoms with van der Waals surface area (Å²) in [6.07, 6.45) is 0. The van der Waals surface area contributed by atoms with Crippen LogP contribution < -0.4 is 4.79 Å². The molecular formula is C15H21N6+. The van der Waals surface area contributed by atoms with E-state index in [4.69, 9.17) is 0 Å². The maximum atomic E-state index is 4.59. The van der Waals surface area contributed by atoms with Crippen molar-refractivity contribution in [3.63, 3.8) is 0 Å². The van der Waals surface area contributed by atoms with Crippen molar-refractivity contribution in [3.05, 3.63) is 52.4 Å². The Kier molecular flexibility index (Phi) is 2.97. The minimum absolute atomic E-state index is 0.998. The maximum absolute atomic E-state index is 4.59. The highest BCUT2D eigenvalue weighted by atomic mass is 15.9. The predicted octanol–water partition coefficient (Wildman–Crippen LogP) is 1.64. The highest BCUT2D eigenvalue weighted by Gasteiger charge is 2.22. The number of aromatic nitrogens is 6. The smallest absolute Gasteiger partial charge is 0.0939 e. The first-order chi connectivity index (χ1) is 9.88. The van der Waals surface area contributed by atoms with E-state index in [1.807, 2.05) is 33.0 Å². The lowest BCUT2D eigenvalue weighted by Gasteiger charge is -2.09. The first kappa shape index (κ1) is 13.6. The molecule has 0 bridgehead atoms. The molecule has 21 heavy (non-hydrogen) atoms. The molecule has 0 N–H and O–H groups in total. The summed E-state index contributed by atoms with van der Waals surface area (Å²) in [6.45, 7) is 12.3. The molecule has 0 radical (unpaired) electrons. The Morgan fingerprint density at radius 3 is 1.90 bits per heavy atom. The Morgan fingerprint density at radius 2 is 1.38 bits per heavy atom. The highest BCUT2D eigenvalue weighted by Crippen LogP contribution is 2.08. The molecule has 3 aromatic heterocycles. The Hall–Kier alpha value is -2.37. The van der Waals surface area contributed by atoms with Crippen LogP contribution in [-0.4, -0.2) is 24.6 Å². The van der Waals surface area contributed by atoms with Crippen molar-refractivity contribution in [3.8, 4) is 0 Å². The first-order valence-electron chi connectivity index (χ1n) is 7.07. The van der Waals surface area contributed by atoms with E-state index in [2.05, 4.69) is 56.1 Å². The van der Waals surface area contributed by atoms with Crippen molar-refractivity contribution in [2.24, 2.45) is 0 Å². The molecular weight excluding hydrogens is 264 g/mol. The Morgan fingerprint density at radius 1 is 0.762 bits per heavy atom. The lowest BCUT2D eigenvalue weighted by molar-refractivity contribution is -0.819. The van der Waals surface area contributed by atoms with Crippen LogP contribution in [0.2, 0.25) is 0 Å². The molecule has 0 unspecified atom stereocenters. The van der Waals surface area contributed by atoms with Gasteiger partial charge in [-0.05, 0) is 51.4 Å². The quantitative estimate of drug-likeness (QED) is 0.672. The van der Waals surface area contributed by atoms with Crippen LogP contribution >= 0.6 is 0 Å². The second kappa shape index (κ2) is 4.58. The van der Waals surface area contributed by atoms with E-state index in [0.717, 1.165) is 34.2 Å². The zero-order chi connectivity index (χ0) is 15.3. The van der Waals surface area contributed by atoms with Gasteiger partial charge in [0.05, 0.1) is 17.1 Å². The Labute approximate surface area is 124 Å². The van der Waals surface area contributed by atoms with Gasteiger partial charge in [-0.2, -0.15) is 0 Å². The minimum Gasteiger partial charge on any atom is -0.0939 e. The molecule has 0 aromatic carbocycles. The van der Waals surface area contributed by atoms with Crippen LogP contribution in [0.1, 0.15) is 34.2 Å². The molecule has 3 aromatic rings. The van der Waals surface area contributed by atoms with Gasteiger partial charge in [0, 0.05) is 18.2 Å². The lowest BCUT2D eigenvalue weighted by atomic mass is 10.4. The highest BCUT2D eigenvalue weighted by molar-refractivity contribution is 5.10. The summed E-state index contributed by atoms with van der Waals surface area (Å²) in [7, 11) is 0. The fourth-order valence-electron chi connectivity index (χ4n) is 2.79. The zero-order valence-corrected chi connectivity index (χ0v) is 13.4. The summed E-state index contributed by atoms with van der Waals surface area (Å²) < 4.78 is 0. The van der Waals surface area contributed by atoms with Crippen molar-refractivity contribution in [2.45, 2.75) is 41.5 Å². The average molecular weight is 285 g/mol. The molecule has 0 aliphatic carbocycles. The molecule has 110 valence electrons. The molecule has 0 aliphatic heterocycles. The second-order valence-corrected chi connectivity index (χ2v) is 5.64. The topological polar surface area (TPSA) is 44.5 Å². The fourth-order valence-corrected chi connectivity index (χ4v) is 2.79. The molecule has 0 atom stereocenters.